The van der Waals surface area contributed by atoms with E-state index in [4.69, 9.17) is 14.6 Å². The summed E-state index contributed by atoms with van der Waals surface area (Å²) >= 11 is 0. The van der Waals surface area contributed by atoms with Crippen LogP contribution in [0.25, 0.3) is 11.1 Å². The molecule has 33 heavy (non-hydrogen) atoms. The lowest BCUT2D eigenvalue weighted by Gasteiger charge is -2.18. The van der Waals surface area contributed by atoms with Gasteiger partial charge in [-0.2, -0.15) is 0 Å². The average molecular weight is 455 g/mol. The fourth-order valence-electron chi connectivity index (χ4n) is 3.97. The number of ether oxygens (including phenoxy) is 2. The number of nitrogens with zero attached hydrogens (tertiary/aromatic N) is 3. The molecule has 0 aliphatic carbocycles. The number of aliphatic hydroxyl groups is 3. The normalized spacial score (nSPS) is 22.4. The highest BCUT2D eigenvalue weighted by Gasteiger charge is 2.43. The number of pyridine rings is 1. The number of rotatable bonds is 7. The first-order valence-corrected chi connectivity index (χ1v) is 10.5. The van der Waals surface area contributed by atoms with E-state index in [0.717, 1.165) is 20.3 Å². The number of aromatic nitrogens is 3. The van der Waals surface area contributed by atoms with E-state index in [9.17, 15) is 19.8 Å². The highest BCUT2D eigenvalue weighted by Crippen LogP contribution is 2.30. The van der Waals surface area contributed by atoms with Gasteiger partial charge in [-0.3, -0.25) is 18.9 Å². The van der Waals surface area contributed by atoms with Gasteiger partial charge in [-0.1, -0.05) is 18.2 Å². The largest absolute Gasteiger partial charge is 0.496 e. The van der Waals surface area contributed by atoms with Gasteiger partial charge in [0.2, 0.25) is 0 Å². The van der Waals surface area contributed by atoms with Crippen molar-refractivity contribution < 1.29 is 24.8 Å². The third-order valence-corrected chi connectivity index (χ3v) is 5.68. The maximum Gasteiger partial charge on any atom is 0.333 e. The van der Waals surface area contributed by atoms with E-state index in [1.165, 1.54) is 12.3 Å². The average Bonchev–Trinajstić information content (AvgIpc) is 3.10. The van der Waals surface area contributed by atoms with Crippen LogP contribution in [-0.2, 0) is 11.3 Å². The molecule has 4 unspecified atom stereocenters. The van der Waals surface area contributed by atoms with Crippen molar-refractivity contribution in [2.45, 2.75) is 37.5 Å². The lowest BCUT2D eigenvalue weighted by molar-refractivity contribution is -0.0458. The minimum absolute atomic E-state index is 0.1000. The lowest BCUT2D eigenvalue weighted by Crippen LogP contribution is -2.43. The van der Waals surface area contributed by atoms with Crippen LogP contribution in [0.2, 0.25) is 0 Å². The molecule has 1 aliphatic rings. The first-order chi connectivity index (χ1) is 15.9. The number of hydrogen-bond donors (Lipinski definition) is 3. The molecule has 3 N–H and O–H groups in total. The molecule has 10 heteroatoms. The van der Waals surface area contributed by atoms with E-state index < -0.39 is 35.8 Å². The molecule has 1 fully saturated rings. The minimum Gasteiger partial charge on any atom is -0.496 e. The highest BCUT2D eigenvalue weighted by atomic mass is 16.6. The zero-order valence-electron chi connectivity index (χ0n) is 17.9. The van der Waals surface area contributed by atoms with E-state index in [1.54, 1.807) is 25.4 Å². The Hall–Kier alpha value is -3.31. The van der Waals surface area contributed by atoms with Crippen LogP contribution in [-0.4, -0.2) is 61.5 Å². The predicted molar refractivity (Wildman–Crippen MR) is 118 cm³/mol. The summed E-state index contributed by atoms with van der Waals surface area (Å²) in [7, 11) is 1.58. The van der Waals surface area contributed by atoms with Gasteiger partial charge >= 0.3 is 5.69 Å². The number of para-hydroxylation sites is 1. The van der Waals surface area contributed by atoms with Crippen LogP contribution >= 0.6 is 0 Å². The molecule has 1 aliphatic heterocycles. The van der Waals surface area contributed by atoms with Gasteiger partial charge in [0.1, 0.15) is 18.0 Å². The van der Waals surface area contributed by atoms with Crippen LogP contribution < -0.4 is 16.0 Å². The van der Waals surface area contributed by atoms with Crippen molar-refractivity contribution in [2.75, 3.05) is 13.7 Å². The van der Waals surface area contributed by atoms with Gasteiger partial charge < -0.3 is 24.8 Å². The van der Waals surface area contributed by atoms with E-state index >= 15 is 0 Å². The third-order valence-electron chi connectivity index (χ3n) is 5.68. The molecule has 174 valence electrons. The van der Waals surface area contributed by atoms with E-state index in [1.807, 2.05) is 24.3 Å². The van der Waals surface area contributed by atoms with E-state index in [0.29, 0.717) is 11.4 Å². The summed E-state index contributed by atoms with van der Waals surface area (Å²) in [4.78, 5) is 29.9. The number of benzene rings is 1. The molecular weight excluding hydrogens is 430 g/mol. The van der Waals surface area contributed by atoms with Gasteiger partial charge in [-0.15, -0.1) is 0 Å². The van der Waals surface area contributed by atoms with Gasteiger partial charge in [0.15, 0.2) is 6.23 Å². The molecule has 0 amide bonds. The molecule has 4 rings (SSSR count). The first kappa shape index (κ1) is 22.9. The monoisotopic (exact) mass is 455 g/mol. The van der Waals surface area contributed by atoms with Crippen molar-refractivity contribution in [1.29, 1.82) is 0 Å². The maximum absolute atomic E-state index is 13.1. The molecule has 3 heterocycles. The van der Waals surface area contributed by atoms with Crippen molar-refractivity contribution in [2.24, 2.45) is 0 Å². The summed E-state index contributed by atoms with van der Waals surface area (Å²) in [5.74, 6) is 0.678. The quantitative estimate of drug-likeness (QED) is 0.457. The standard InChI is InChI=1S/C23H25N3O7/c1-32-17-5-3-2-4-16(17)14-6-9-24-15(12-14)13-26-19(28)7-10-25(23(26)31)22-21(30)20(29)18(33-22)8-11-27/h2-7,9-10,12,18,20-22,27,29-30H,8,11,13H2,1H3. The molecule has 0 bridgehead atoms. The second-order valence-electron chi connectivity index (χ2n) is 7.72. The van der Waals surface area contributed by atoms with Crippen molar-refractivity contribution >= 4 is 0 Å². The summed E-state index contributed by atoms with van der Waals surface area (Å²) in [6, 6.07) is 12.2. The lowest BCUT2D eigenvalue weighted by atomic mass is 10.0. The number of methoxy groups -OCH3 is 1. The van der Waals surface area contributed by atoms with Crippen LogP contribution in [0.3, 0.4) is 0 Å². The Morgan fingerprint density at radius 2 is 1.91 bits per heavy atom. The Kier molecular flexibility index (Phi) is 6.70. The second kappa shape index (κ2) is 9.67. The fourth-order valence-corrected chi connectivity index (χ4v) is 3.97. The van der Waals surface area contributed by atoms with Gasteiger partial charge in [0, 0.05) is 30.6 Å². The molecule has 10 nitrogen and oxygen atoms in total. The molecule has 0 saturated carbocycles. The van der Waals surface area contributed by atoms with Crippen LogP contribution in [0.5, 0.6) is 5.75 Å². The molecule has 0 radical (unpaired) electrons. The fraction of sp³-hybridized carbons (Fsp3) is 0.348. The maximum atomic E-state index is 13.1. The number of hydrogen-bond acceptors (Lipinski definition) is 8. The molecule has 2 aromatic heterocycles. The van der Waals surface area contributed by atoms with Crippen molar-refractivity contribution in [3.63, 3.8) is 0 Å². The predicted octanol–water partition coefficient (Wildman–Crippen LogP) is 0.130. The Labute approximate surface area is 188 Å². The van der Waals surface area contributed by atoms with E-state index in [2.05, 4.69) is 4.98 Å². The zero-order valence-corrected chi connectivity index (χ0v) is 17.9. The molecular formula is C23H25N3O7. The third kappa shape index (κ3) is 4.46. The second-order valence-corrected chi connectivity index (χ2v) is 7.72. The summed E-state index contributed by atoms with van der Waals surface area (Å²) in [5.41, 5.74) is 0.870. The summed E-state index contributed by atoms with van der Waals surface area (Å²) < 4.78 is 13.1. The Morgan fingerprint density at radius 3 is 2.67 bits per heavy atom. The zero-order chi connectivity index (χ0) is 23.5. The van der Waals surface area contributed by atoms with Crippen LogP contribution in [0.1, 0.15) is 18.3 Å². The van der Waals surface area contributed by atoms with Gasteiger partial charge in [0.05, 0.1) is 25.5 Å². The smallest absolute Gasteiger partial charge is 0.333 e. The Morgan fingerprint density at radius 1 is 1.12 bits per heavy atom. The Balaban J connectivity index is 1.67. The Bertz CT molecular complexity index is 1240. The molecule has 0 spiro atoms. The summed E-state index contributed by atoms with van der Waals surface area (Å²) in [6.45, 7) is -0.350. The van der Waals surface area contributed by atoms with Gasteiger partial charge in [0.25, 0.3) is 5.56 Å². The summed E-state index contributed by atoms with van der Waals surface area (Å²) in [5, 5.41) is 29.7. The highest BCUT2D eigenvalue weighted by molar-refractivity contribution is 5.70. The van der Waals surface area contributed by atoms with Crippen LogP contribution in [0.15, 0.2) is 64.4 Å². The first-order valence-electron chi connectivity index (χ1n) is 10.5. The minimum atomic E-state index is -1.39. The molecule has 3 aromatic rings. The SMILES string of the molecule is COc1ccccc1-c1ccnc(Cn2c(=O)ccn(C3OC(CCO)C(O)C3O)c2=O)c1. The van der Waals surface area contributed by atoms with Crippen LogP contribution in [0, 0.1) is 0 Å². The molecule has 1 saturated heterocycles. The van der Waals surface area contributed by atoms with Gasteiger partial charge in [-0.25, -0.2) is 4.79 Å². The molecule has 4 atom stereocenters. The summed E-state index contributed by atoms with van der Waals surface area (Å²) in [6.07, 6.45) is -1.77. The van der Waals surface area contributed by atoms with Gasteiger partial charge in [-0.05, 0) is 30.2 Å². The number of aliphatic hydroxyl groups excluding tert-OH is 3. The van der Waals surface area contributed by atoms with E-state index in [-0.39, 0.29) is 19.6 Å². The van der Waals surface area contributed by atoms with Crippen molar-refractivity contribution in [1.82, 2.24) is 14.1 Å². The topological polar surface area (TPSA) is 136 Å². The van der Waals surface area contributed by atoms with Crippen molar-refractivity contribution in [3.8, 4) is 16.9 Å². The molecule has 1 aromatic carbocycles. The van der Waals surface area contributed by atoms with Crippen LogP contribution in [0.4, 0.5) is 0 Å². The van der Waals surface area contributed by atoms with Crippen molar-refractivity contribution in [3.05, 3.63) is 81.4 Å².